The molecular formula is C25H38N4O2. The summed E-state index contributed by atoms with van der Waals surface area (Å²) in [6, 6.07) is 10.1. The first-order chi connectivity index (χ1) is 14.9. The van der Waals surface area contributed by atoms with Gasteiger partial charge in [0.15, 0.2) is 0 Å². The molecule has 1 atom stereocenters. The van der Waals surface area contributed by atoms with Crippen LogP contribution >= 0.6 is 0 Å². The first kappa shape index (κ1) is 22.3. The molecule has 4 rings (SSSR count). The van der Waals surface area contributed by atoms with E-state index in [1.807, 2.05) is 35.2 Å². The third-order valence-electron chi connectivity index (χ3n) is 7.91. The van der Waals surface area contributed by atoms with Crippen molar-refractivity contribution in [1.82, 2.24) is 20.0 Å². The van der Waals surface area contributed by atoms with Gasteiger partial charge in [-0.2, -0.15) is 0 Å². The lowest BCUT2D eigenvalue weighted by Gasteiger charge is -2.40. The Morgan fingerprint density at radius 1 is 1.00 bits per heavy atom. The zero-order valence-corrected chi connectivity index (χ0v) is 19.2. The second-order valence-electron chi connectivity index (χ2n) is 10.1. The van der Waals surface area contributed by atoms with Crippen molar-refractivity contribution < 1.29 is 9.59 Å². The molecule has 1 aromatic rings. The van der Waals surface area contributed by atoms with Crippen molar-refractivity contribution in [3.63, 3.8) is 0 Å². The average Bonchev–Trinajstić information content (AvgIpc) is 3.16. The molecule has 3 aliphatic heterocycles. The van der Waals surface area contributed by atoms with E-state index in [-0.39, 0.29) is 23.1 Å². The summed E-state index contributed by atoms with van der Waals surface area (Å²) in [5, 5.41) is 3.17. The number of rotatable bonds is 5. The smallest absolute Gasteiger partial charge is 0.225 e. The second kappa shape index (κ2) is 9.70. The number of nitrogens with one attached hydrogen (secondary N) is 1. The maximum Gasteiger partial charge on any atom is 0.225 e. The summed E-state index contributed by atoms with van der Waals surface area (Å²) in [4.78, 5) is 33.2. The number of nitrogens with zero attached hydrogens (tertiary/aromatic N) is 3. The second-order valence-corrected chi connectivity index (χ2v) is 10.1. The minimum absolute atomic E-state index is 0.0737. The monoisotopic (exact) mass is 426 g/mol. The van der Waals surface area contributed by atoms with Crippen LogP contribution in [0.15, 0.2) is 30.3 Å². The Kier molecular flexibility index (Phi) is 6.97. The van der Waals surface area contributed by atoms with Gasteiger partial charge >= 0.3 is 0 Å². The van der Waals surface area contributed by atoms with Crippen molar-refractivity contribution in [1.29, 1.82) is 0 Å². The number of amides is 2. The van der Waals surface area contributed by atoms with Crippen molar-refractivity contribution in [2.45, 2.75) is 38.6 Å². The SMILES string of the molecule is CN1CCC(CC(=O)N2CC(C(=O)NCc3ccccc3)C3(CCN(C)CC3)C2)CC1. The molecule has 0 bridgehead atoms. The van der Waals surface area contributed by atoms with E-state index in [9.17, 15) is 9.59 Å². The Balaban J connectivity index is 1.41. The predicted molar refractivity (Wildman–Crippen MR) is 122 cm³/mol. The quantitative estimate of drug-likeness (QED) is 0.784. The zero-order chi connectivity index (χ0) is 21.8. The fourth-order valence-electron chi connectivity index (χ4n) is 5.64. The number of benzene rings is 1. The molecule has 1 aromatic carbocycles. The number of carbonyl (C=O) groups is 2. The van der Waals surface area contributed by atoms with E-state index in [4.69, 9.17) is 0 Å². The van der Waals surface area contributed by atoms with Crippen molar-refractivity contribution in [2.75, 3.05) is 53.4 Å². The van der Waals surface area contributed by atoms with Gasteiger partial charge in [0.2, 0.25) is 11.8 Å². The van der Waals surface area contributed by atoms with E-state index < -0.39 is 0 Å². The molecule has 0 radical (unpaired) electrons. The van der Waals surface area contributed by atoms with Crippen LogP contribution in [0.4, 0.5) is 0 Å². The number of piperidine rings is 2. The highest BCUT2D eigenvalue weighted by Gasteiger charge is 2.51. The molecule has 0 aliphatic carbocycles. The maximum atomic E-state index is 13.3. The highest BCUT2D eigenvalue weighted by Crippen LogP contribution is 2.45. The number of carbonyl (C=O) groups excluding carboxylic acids is 2. The lowest BCUT2D eigenvalue weighted by atomic mass is 9.70. The van der Waals surface area contributed by atoms with Crippen LogP contribution in [0.25, 0.3) is 0 Å². The highest BCUT2D eigenvalue weighted by molar-refractivity contribution is 5.83. The molecule has 1 N–H and O–H groups in total. The minimum Gasteiger partial charge on any atom is -0.352 e. The van der Waals surface area contributed by atoms with Gasteiger partial charge < -0.3 is 20.0 Å². The molecular weight excluding hydrogens is 388 g/mol. The van der Waals surface area contributed by atoms with Gasteiger partial charge in [0.25, 0.3) is 0 Å². The fraction of sp³-hybridized carbons (Fsp3) is 0.680. The molecule has 2 amide bonds. The molecule has 6 heteroatoms. The van der Waals surface area contributed by atoms with Crippen LogP contribution in [0.2, 0.25) is 0 Å². The van der Waals surface area contributed by atoms with Gasteiger partial charge in [-0.15, -0.1) is 0 Å². The number of likely N-dealkylation sites (tertiary alicyclic amines) is 3. The van der Waals surface area contributed by atoms with Gasteiger partial charge in [-0.3, -0.25) is 9.59 Å². The van der Waals surface area contributed by atoms with Gasteiger partial charge in [0, 0.05) is 31.5 Å². The van der Waals surface area contributed by atoms with Crippen LogP contribution in [0.5, 0.6) is 0 Å². The summed E-state index contributed by atoms with van der Waals surface area (Å²) < 4.78 is 0. The van der Waals surface area contributed by atoms with Crippen molar-refractivity contribution >= 4 is 11.8 Å². The van der Waals surface area contributed by atoms with Crippen LogP contribution in [-0.2, 0) is 16.1 Å². The third-order valence-corrected chi connectivity index (χ3v) is 7.91. The summed E-state index contributed by atoms with van der Waals surface area (Å²) >= 11 is 0. The standard InChI is InChI=1S/C25H38N4O2/c1-27-12-8-20(9-13-27)16-23(30)29-18-22(25(19-29)10-14-28(2)15-11-25)24(31)26-17-21-6-4-3-5-7-21/h3-7,20,22H,8-19H2,1-2H3,(H,26,31). The van der Waals surface area contributed by atoms with E-state index in [1.54, 1.807) is 0 Å². The molecule has 3 saturated heterocycles. The fourth-order valence-corrected chi connectivity index (χ4v) is 5.64. The number of hydrogen-bond acceptors (Lipinski definition) is 4. The lowest BCUT2D eigenvalue weighted by molar-refractivity contribution is -0.132. The van der Waals surface area contributed by atoms with Gasteiger partial charge in [0.1, 0.15) is 0 Å². The van der Waals surface area contributed by atoms with Crippen LogP contribution in [-0.4, -0.2) is 79.9 Å². The van der Waals surface area contributed by atoms with E-state index >= 15 is 0 Å². The van der Waals surface area contributed by atoms with E-state index in [0.29, 0.717) is 25.4 Å². The summed E-state index contributed by atoms with van der Waals surface area (Å²) in [6.45, 7) is 6.04. The topological polar surface area (TPSA) is 55.9 Å². The molecule has 3 aliphatic rings. The van der Waals surface area contributed by atoms with Crippen LogP contribution in [0.3, 0.4) is 0 Å². The van der Waals surface area contributed by atoms with Gasteiger partial charge in [0.05, 0.1) is 5.92 Å². The lowest BCUT2D eigenvalue weighted by Crippen LogP contribution is -2.47. The summed E-state index contributed by atoms with van der Waals surface area (Å²) in [5.74, 6) is 0.753. The maximum absolute atomic E-state index is 13.3. The van der Waals surface area contributed by atoms with E-state index in [0.717, 1.165) is 64.0 Å². The summed E-state index contributed by atoms with van der Waals surface area (Å²) in [7, 11) is 4.30. The average molecular weight is 427 g/mol. The van der Waals surface area contributed by atoms with E-state index in [2.05, 4.69) is 29.2 Å². The Morgan fingerprint density at radius 3 is 2.32 bits per heavy atom. The van der Waals surface area contributed by atoms with Crippen LogP contribution < -0.4 is 5.32 Å². The molecule has 3 heterocycles. The largest absolute Gasteiger partial charge is 0.352 e. The molecule has 1 spiro atoms. The molecule has 3 fully saturated rings. The van der Waals surface area contributed by atoms with E-state index in [1.165, 1.54) is 0 Å². The first-order valence-electron chi connectivity index (χ1n) is 11.9. The van der Waals surface area contributed by atoms with Gasteiger partial charge in [-0.05, 0) is 77.4 Å². The molecule has 170 valence electrons. The Morgan fingerprint density at radius 2 is 1.65 bits per heavy atom. The first-order valence-corrected chi connectivity index (χ1v) is 11.9. The molecule has 0 saturated carbocycles. The Hall–Kier alpha value is -1.92. The third kappa shape index (κ3) is 5.29. The normalized spacial score (nSPS) is 25.1. The Labute approximate surface area is 187 Å². The molecule has 1 unspecified atom stereocenters. The number of hydrogen-bond donors (Lipinski definition) is 1. The van der Waals surface area contributed by atoms with Gasteiger partial charge in [-0.1, -0.05) is 30.3 Å². The Bertz CT molecular complexity index is 752. The highest BCUT2D eigenvalue weighted by atomic mass is 16.2. The zero-order valence-electron chi connectivity index (χ0n) is 19.2. The molecule has 6 nitrogen and oxygen atoms in total. The van der Waals surface area contributed by atoms with Crippen molar-refractivity contribution in [3.05, 3.63) is 35.9 Å². The van der Waals surface area contributed by atoms with Gasteiger partial charge in [-0.25, -0.2) is 0 Å². The van der Waals surface area contributed by atoms with Crippen molar-refractivity contribution in [3.8, 4) is 0 Å². The molecule has 31 heavy (non-hydrogen) atoms. The van der Waals surface area contributed by atoms with Crippen LogP contribution in [0.1, 0.15) is 37.7 Å². The molecule has 0 aromatic heterocycles. The summed E-state index contributed by atoms with van der Waals surface area (Å²) in [5.41, 5.74) is 1.04. The van der Waals surface area contributed by atoms with Crippen LogP contribution in [0, 0.1) is 17.3 Å². The summed E-state index contributed by atoms with van der Waals surface area (Å²) in [6.07, 6.45) is 4.83. The van der Waals surface area contributed by atoms with Crippen molar-refractivity contribution in [2.24, 2.45) is 17.3 Å². The minimum atomic E-state index is -0.105. The predicted octanol–water partition coefficient (Wildman–Crippen LogP) is 2.21.